The minimum Gasteiger partial charge on any atom is -0.392 e. The van der Waals surface area contributed by atoms with Crippen LogP contribution in [0.3, 0.4) is 0 Å². The third kappa shape index (κ3) is 2.89. The van der Waals surface area contributed by atoms with Crippen LogP contribution in [0.4, 0.5) is 0 Å². The second-order valence-electron chi connectivity index (χ2n) is 6.63. The van der Waals surface area contributed by atoms with Crippen molar-refractivity contribution in [2.24, 2.45) is 23.5 Å². The molecule has 1 saturated heterocycles. The molecule has 3 heteroatoms. The van der Waals surface area contributed by atoms with Crippen molar-refractivity contribution in [2.45, 2.75) is 64.1 Å². The van der Waals surface area contributed by atoms with Crippen LogP contribution in [0.25, 0.3) is 0 Å². The predicted molar refractivity (Wildman–Crippen MR) is 73.3 cm³/mol. The lowest BCUT2D eigenvalue weighted by Crippen LogP contribution is -2.45. The molecule has 1 aliphatic carbocycles. The Labute approximate surface area is 111 Å². The third-order valence-corrected chi connectivity index (χ3v) is 5.10. The largest absolute Gasteiger partial charge is 0.392 e. The van der Waals surface area contributed by atoms with Crippen LogP contribution < -0.4 is 5.73 Å². The van der Waals surface area contributed by atoms with E-state index in [1.165, 1.54) is 25.7 Å². The molecule has 1 spiro atoms. The quantitative estimate of drug-likeness (QED) is 0.810. The Bertz CT molecular complexity index is 261. The molecule has 2 fully saturated rings. The Morgan fingerprint density at radius 3 is 2.56 bits per heavy atom. The summed E-state index contributed by atoms with van der Waals surface area (Å²) in [4.78, 5) is 0. The second-order valence-corrected chi connectivity index (χ2v) is 6.63. The lowest BCUT2D eigenvalue weighted by atomic mass is 9.75. The summed E-state index contributed by atoms with van der Waals surface area (Å²) in [6.45, 7) is 5.72. The number of rotatable bonds is 4. The van der Waals surface area contributed by atoms with E-state index < -0.39 is 0 Å². The smallest absolute Gasteiger partial charge is 0.0686 e. The van der Waals surface area contributed by atoms with Crippen LogP contribution in [0.5, 0.6) is 0 Å². The lowest BCUT2D eigenvalue weighted by molar-refractivity contribution is -0.121. The average molecular weight is 255 g/mol. The lowest BCUT2D eigenvalue weighted by Gasteiger charge is -2.42. The summed E-state index contributed by atoms with van der Waals surface area (Å²) in [6.07, 6.45) is 6.72. The molecule has 3 nitrogen and oxygen atoms in total. The molecule has 1 aliphatic heterocycles. The maximum atomic E-state index is 10.6. The molecule has 18 heavy (non-hydrogen) atoms. The molecule has 0 amide bonds. The summed E-state index contributed by atoms with van der Waals surface area (Å²) in [6, 6.07) is 0. The molecule has 3 atom stereocenters. The van der Waals surface area contributed by atoms with E-state index in [0.717, 1.165) is 19.4 Å². The Morgan fingerprint density at radius 2 is 2.00 bits per heavy atom. The van der Waals surface area contributed by atoms with Crippen LogP contribution in [-0.2, 0) is 4.74 Å². The summed E-state index contributed by atoms with van der Waals surface area (Å²) < 4.78 is 6.04. The third-order valence-electron chi connectivity index (χ3n) is 5.10. The van der Waals surface area contributed by atoms with Crippen molar-refractivity contribution in [3.63, 3.8) is 0 Å². The predicted octanol–water partition coefficient (Wildman–Crippen LogP) is 2.32. The van der Waals surface area contributed by atoms with Crippen molar-refractivity contribution in [3.05, 3.63) is 0 Å². The first-order valence-electron chi connectivity index (χ1n) is 7.60. The zero-order valence-corrected chi connectivity index (χ0v) is 11.9. The van der Waals surface area contributed by atoms with Crippen LogP contribution in [-0.4, -0.2) is 30.0 Å². The van der Waals surface area contributed by atoms with E-state index in [1.807, 2.05) is 0 Å². The fourth-order valence-electron chi connectivity index (χ4n) is 3.88. The van der Waals surface area contributed by atoms with E-state index in [-0.39, 0.29) is 17.6 Å². The van der Waals surface area contributed by atoms with Crippen molar-refractivity contribution in [2.75, 3.05) is 13.2 Å². The van der Waals surface area contributed by atoms with Crippen LogP contribution in [0.15, 0.2) is 0 Å². The number of aliphatic hydroxyl groups is 1. The van der Waals surface area contributed by atoms with Gasteiger partial charge in [-0.2, -0.15) is 0 Å². The van der Waals surface area contributed by atoms with Gasteiger partial charge in [-0.05, 0) is 50.0 Å². The van der Waals surface area contributed by atoms with E-state index >= 15 is 0 Å². The number of hydrogen-bond donors (Lipinski definition) is 2. The Morgan fingerprint density at radius 1 is 1.33 bits per heavy atom. The molecule has 1 heterocycles. The standard InChI is InChI=1S/C15H29NO2/c1-11(2)13(10-16)14(17)12-5-8-18-15(9-12)6-3-4-7-15/h11-14,17H,3-10,16H2,1-2H3. The highest BCUT2D eigenvalue weighted by Gasteiger charge is 2.43. The number of aliphatic hydroxyl groups excluding tert-OH is 1. The highest BCUT2D eigenvalue weighted by molar-refractivity contribution is 4.94. The molecule has 2 aliphatic rings. The Balaban J connectivity index is 1.99. The molecular weight excluding hydrogens is 226 g/mol. The van der Waals surface area contributed by atoms with Crippen LogP contribution in [0.1, 0.15) is 52.4 Å². The van der Waals surface area contributed by atoms with E-state index in [0.29, 0.717) is 18.4 Å². The molecule has 1 saturated carbocycles. The van der Waals surface area contributed by atoms with Gasteiger partial charge in [0, 0.05) is 6.61 Å². The van der Waals surface area contributed by atoms with Gasteiger partial charge in [0.05, 0.1) is 11.7 Å². The van der Waals surface area contributed by atoms with Gasteiger partial charge in [-0.1, -0.05) is 26.7 Å². The first-order chi connectivity index (χ1) is 8.58. The molecule has 0 aromatic carbocycles. The molecule has 2 rings (SSSR count). The van der Waals surface area contributed by atoms with Gasteiger partial charge >= 0.3 is 0 Å². The molecule has 0 bridgehead atoms. The van der Waals surface area contributed by atoms with Gasteiger partial charge in [0.15, 0.2) is 0 Å². The fourth-order valence-corrected chi connectivity index (χ4v) is 3.88. The van der Waals surface area contributed by atoms with Gasteiger partial charge in [0.2, 0.25) is 0 Å². The molecule has 3 unspecified atom stereocenters. The van der Waals surface area contributed by atoms with Gasteiger partial charge in [-0.3, -0.25) is 0 Å². The molecule has 106 valence electrons. The van der Waals surface area contributed by atoms with Gasteiger partial charge in [0.25, 0.3) is 0 Å². The molecule has 0 aromatic rings. The first-order valence-corrected chi connectivity index (χ1v) is 7.60. The number of ether oxygens (including phenoxy) is 1. The molecule has 0 aromatic heterocycles. The Kier molecular flexibility index (Phi) is 4.68. The Hall–Kier alpha value is -0.120. The monoisotopic (exact) mass is 255 g/mol. The minimum atomic E-state index is -0.253. The summed E-state index contributed by atoms with van der Waals surface area (Å²) in [5.41, 5.74) is 5.93. The summed E-state index contributed by atoms with van der Waals surface area (Å²) in [7, 11) is 0. The van der Waals surface area contributed by atoms with E-state index in [2.05, 4.69) is 13.8 Å². The molecule has 3 N–H and O–H groups in total. The average Bonchev–Trinajstić information content (AvgIpc) is 2.77. The molecule has 0 radical (unpaired) electrons. The van der Waals surface area contributed by atoms with Gasteiger partial charge in [0.1, 0.15) is 0 Å². The summed E-state index contributed by atoms with van der Waals surface area (Å²) in [5, 5.41) is 10.6. The fraction of sp³-hybridized carbons (Fsp3) is 1.00. The van der Waals surface area contributed by atoms with Gasteiger partial charge in [-0.25, -0.2) is 0 Å². The van der Waals surface area contributed by atoms with E-state index in [1.54, 1.807) is 0 Å². The van der Waals surface area contributed by atoms with Crippen molar-refractivity contribution in [3.8, 4) is 0 Å². The maximum absolute atomic E-state index is 10.6. The summed E-state index contributed by atoms with van der Waals surface area (Å²) in [5.74, 6) is 1.06. The van der Waals surface area contributed by atoms with Crippen LogP contribution in [0, 0.1) is 17.8 Å². The van der Waals surface area contributed by atoms with Crippen molar-refractivity contribution in [1.29, 1.82) is 0 Å². The molecular formula is C15H29NO2. The highest BCUT2D eigenvalue weighted by atomic mass is 16.5. The zero-order chi connectivity index (χ0) is 13.2. The normalized spacial score (nSPS) is 30.8. The van der Waals surface area contributed by atoms with Crippen LogP contribution >= 0.6 is 0 Å². The number of hydrogen-bond acceptors (Lipinski definition) is 3. The second kappa shape index (κ2) is 5.89. The minimum absolute atomic E-state index is 0.0972. The van der Waals surface area contributed by atoms with Crippen molar-refractivity contribution >= 4 is 0 Å². The van der Waals surface area contributed by atoms with Crippen molar-refractivity contribution < 1.29 is 9.84 Å². The van der Waals surface area contributed by atoms with E-state index in [9.17, 15) is 5.11 Å². The van der Waals surface area contributed by atoms with Crippen LogP contribution in [0.2, 0.25) is 0 Å². The van der Waals surface area contributed by atoms with Crippen molar-refractivity contribution in [1.82, 2.24) is 0 Å². The first kappa shape index (κ1) is 14.3. The van der Waals surface area contributed by atoms with Gasteiger partial charge < -0.3 is 15.6 Å². The zero-order valence-electron chi connectivity index (χ0n) is 11.9. The van der Waals surface area contributed by atoms with E-state index in [4.69, 9.17) is 10.5 Å². The van der Waals surface area contributed by atoms with Gasteiger partial charge in [-0.15, -0.1) is 0 Å². The highest BCUT2D eigenvalue weighted by Crippen LogP contribution is 2.43. The SMILES string of the molecule is CC(C)C(CN)C(O)C1CCOC2(CCCC2)C1. The summed E-state index contributed by atoms with van der Waals surface area (Å²) >= 11 is 0. The number of nitrogens with two attached hydrogens (primary N) is 1. The topological polar surface area (TPSA) is 55.5 Å². The maximum Gasteiger partial charge on any atom is 0.0686 e.